The molecule has 0 aliphatic carbocycles. The summed E-state index contributed by atoms with van der Waals surface area (Å²) in [5, 5.41) is 7.03. The Balaban J connectivity index is 1.16. The van der Waals surface area contributed by atoms with Gasteiger partial charge in [0.05, 0.1) is 11.0 Å². The van der Waals surface area contributed by atoms with Gasteiger partial charge in [-0.15, -0.1) is 11.3 Å². The van der Waals surface area contributed by atoms with Crippen LogP contribution in [0.2, 0.25) is 0 Å². The van der Waals surface area contributed by atoms with Gasteiger partial charge >= 0.3 is 0 Å². The molecule has 0 saturated carbocycles. The van der Waals surface area contributed by atoms with Crippen LogP contribution in [0.25, 0.3) is 126 Å². The van der Waals surface area contributed by atoms with Crippen LogP contribution in [0.5, 0.6) is 0 Å². The lowest BCUT2D eigenvalue weighted by Gasteiger charge is -2.18. The Morgan fingerprint density at radius 2 is 0.937 bits per heavy atom. The van der Waals surface area contributed by atoms with Crippen molar-refractivity contribution in [3.63, 3.8) is 0 Å². The van der Waals surface area contributed by atoms with Crippen LogP contribution in [0.3, 0.4) is 0 Å². The molecule has 0 N–H and O–H groups in total. The Bertz CT molecular complexity index is 3810. The summed E-state index contributed by atoms with van der Waals surface area (Å²) in [6.45, 7) is 0. The van der Waals surface area contributed by atoms with Gasteiger partial charge in [0, 0.05) is 69.7 Å². The quantitative estimate of drug-likeness (QED) is 0.168. The van der Waals surface area contributed by atoms with Crippen LogP contribution in [0.4, 0.5) is 0 Å². The molecule has 0 bridgehead atoms. The van der Waals surface area contributed by atoms with Gasteiger partial charge in [-0.3, -0.25) is 0 Å². The lowest BCUT2D eigenvalue weighted by atomic mass is 9.89. The number of para-hydroxylation sites is 3. The molecule has 0 atom stereocenters. The van der Waals surface area contributed by atoms with Gasteiger partial charge in [0.2, 0.25) is 0 Å². The number of benzene rings is 9. The van der Waals surface area contributed by atoms with E-state index in [1.807, 2.05) is 59.9 Å². The van der Waals surface area contributed by atoms with Crippen molar-refractivity contribution in [2.45, 2.75) is 0 Å². The summed E-state index contributed by atoms with van der Waals surface area (Å²) in [4.78, 5) is 15.9. The maximum absolute atomic E-state index is 6.33. The monoisotopic (exact) mass is 822 g/mol. The van der Waals surface area contributed by atoms with Gasteiger partial charge in [0.15, 0.2) is 17.5 Å². The Hall–Kier alpha value is -8.19. The van der Waals surface area contributed by atoms with E-state index in [0.29, 0.717) is 17.5 Å². The first kappa shape index (κ1) is 35.6. The van der Waals surface area contributed by atoms with Crippen LogP contribution in [0, 0.1) is 0 Å². The zero-order valence-corrected chi connectivity index (χ0v) is 34.6. The molecule has 6 heteroatoms. The SMILES string of the molecule is c1ccc(-c2nc(-c3ccccc3)nc(-c3c(-c4ccc5oc6ccccc6c5c4)cccc3-c3cc(-n4c5ccccc5c5ccccc54)cc4c3sc3ccccc34)n2)cc1. The topological polar surface area (TPSA) is 56.7 Å². The van der Waals surface area contributed by atoms with E-state index in [1.165, 1.54) is 30.9 Å². The highest BCUT2D eigenvalue weighted by Gasteiger charge is 2.24. The molecule has 13 aromatic rings. The van der Waals surface area contributed by atoms with E-state index >= 15 is 0 Å². The molecule has 0 fully saturated rings. The molecule has 9 aromatic carbocycles. The molecule has 4 aromatic heterocycles. The molecule has 4 heterocycles. The second-order valence-corrected chi connectivity index (χ2v) is 17.0. The van der Waals surface area contributed by atoms with E-state index < -0.39 is 0 Å². The Morgan fingerprint density at radius 1 is 0.365 bits per heavy atom. The molecule has 13 rings (SSSR count). The molecule has 0 aliphatic heterocycles. The summed E-state index contributed by atoms with van der Waals surface area (Å²) in [7, 11) is 0. The number of thiophene rings is 1. The van der Waals surface area contributed by atoms with Crippen LogP contribution < -0.4 is 0 Å². The van der Waals surface area contributed by atoms with Gasteiger partial charge < -0.3 is 8.98 Å². The third-order valence-electron chi connectivity index (χ3n) is 12.3. The third-order valence-corrected chi connectivity index (χ3v) is 13.5. The van der Waals surface area contributed by atoms with Crippen LogP contribution in [-0.2, 0) is 0 Å². The van der Waals surface area contributed by atoms with Gasteiger partial charge in [-0.25, -0.2) is 15.0 Å². The number of hydrogen-bond acceptors (Lipinski definition) is 5. The standard InChI is InChI=1S/C57H34N4OS/c1-3-16-35(17-4-1)55-58-56(36-18-5-2-6-19-36)60-57(59-55)53-39(37-30-31-51-45(32-37)42-22-9-13-28-50(42)62-51)24-15-25-44(53)47-34-38(33-46-43-23-10-14-29-52(43)63-54(46)47)61-48-26-11-7-20-40(48)41-21-8-12-27-49(41)61/h1-34H. The van der Waals surface area contributed by atoms with Crippen molar-refractivity contribution in [1.29, 1.82) is 0 Å². The molecule has 0 radical (unpaired) electrons. The number of rotatable bonds is 6. The lowest BCUT2D eigenvalue weighted by molar-refractivity contribution is 0.669. The molecular weight excluding hydrogens is 789 g/mol. The maximum Gasteiger partial charge on any atom is 0.165 e. The Kier molecular flexibility index (Phi) is 8.01. The van der Waals surface area contributed by atoms with E-state index in [2.05, 4.69) is 162 Å². The van der Waals surface area contributed by atoms with Gasteiger partial charge in [0.25, 0.3) is 0 Å². The first-order valence-corrected chi connectivity index (χ1v) is 21.9. The van der Waals surface area contributed by atoms with Gasteiger partial charge in [-0.2, -0.15) is 0 Å². The highest BCUT2D eigenvalue weighted by molar-refractivity contribution is 7.26. The third kappa shape index (κ3) is 5.73. The van der Waals surface area contributed by atoms with E-state index in [4.69, 9.17) is 19.4 Å². The number of hydrogen-bond donors (Lipinski definition) is 0. The minimum atomic E-state index is 0.599. The van der Waals surface area contributed by atoms with Crippen molar-refractivity contribution in [1.82, 2.24) is 19.5 Å². The van der Waals surface area contributed by atoms with Crippen LogP contribution >= 0.6 is 11.3 Å². The summed E-state index contributed by atoms with van der Waals surface area (Å²) in [6, 6.07) is 72.7. The zero-order valence-electron chi connectivity index (χ0n) is 33.7. The van der Waals surface area contributed by atoms with E-state index in [0.717, 1.165) is 77.6 Å². The summed E-state index contributed by atoms with van der Waals surface area (Å²) < 4.78 is 11.2. The van der Waals surface area contributed by atoms with Gasteiger partial charge in [0.1, 0.15) is 11.2 Å². The smallest absolute Gasteiger partial charge is 0.165 e. The van der Waals surface area contributed by atoms with E-state index in [1.54, 1.807) is 0 Å². The molecule has 0 saturated heterocycles. The average Bonchev–Trinajstić information content (AvgIpc) is 4.03. The normalized spacial score (nSPS) is 11.8. The van der Waals surface area contributed by atoms with Crippen molar-refractivity contribution in [2.75, 3.05) is 0 Å². The van der Waals surface area contributed by atoms with Crippen molar-refractivity contribution in [2.24, 2.45) is 0 Å². The predicted molar refractivity (Wildman–Crippen MR) is 262 cm³/mol. The first-order valence-electron chi connectivity index (χ1n) is 21.1. The Labute approximate surface area is 365 Å². The minimum Gasteiger partial charge on any atom is -0.456 e. The number of furan rings is 1. The lowest BCUT2D eigenvalue weighted by Crippen LogP contribution is -2.02. The van der Waals surface area contributed by atoms with Crippen LogP contribution in [0.1, 0.15) is 0 Å². The summed E-state index contributed by atoms with van der Waals surface area (Å²) >= 11 is 1.83. The van der Waals surface area contributed by atoms with Crippen molar-refractivity contribution in [3.8, 4) is 62.1 Å². The maximum atomic E-state index is 6.33. The van der Waals surface area contributed by atoms with Crippen LogP contribution in [-0.4, -0.2) is 19.5 Å². The molecule has 0 spiro atoms. The number of fused-ring (bicyclic) bond motifs is 9. The second-order valence-electron chi connectivity index (χ2n) is 15.9. The average molecular weight is 823 g/mol. The summed E-state index contributed by atoms with van der Waals surface area (Å²) in [5.41, 5.74) is 12.1. The molecule has 294 valence electrons. The number of nitrogens with zero attached hydrogens (tertiary/aromatic N) is 4. The van der Waals surface area contributed by atoms with E-state index in [9.17, 15) is 0 Å². The highest BCUT2D eigenvalue weighted by atomic mass is 32.1. The van der Waals surface area contributed by atoms with Crippen molar-refractivity contribution < 1.29 is 4.42 Å². The number of aromatic nitrogens is 4. The fourth-order valence-electron chi connectivity index (χ4n) is 9.41. The second kappa shape index (κ2) is 14.2. The molecule has 0 aliphatic rings. The van der Waals surface area contributed by atoms with E-state index in [-0.39, 0.29) is 0 Å². The van der Waals surface area contributed by atoms with Gasteiger partial charge in [-0.1, -0.05) is 158 Å². The zero-order chi connectivity index (χ0) is 41.4. The molecular formula is C57H34N4OS. The van der Waals surface area contributed by atoms with Crippen LogP contribution in [0.15, 0.2) is 211 Å². The highest BCUT2D eigenvalue weighted by Crippen LogP contribution is 2.48. The summed E-state index contributed by atoms with van der Waals surface area (Å²) in [6.07, 6.45) is 0. The predicted octanol–water partition coefficient (Wildman–Crippen LogP) is 15.6. The fourth-order valence-corrected chi connectivity index (χ4v) is 10.6. The van der Waals surface area contributed by atoms with Gasteiger partial charge in [-0.05, 0) is 65.2 Å². The van der Waals surface area contributed by atoms with Crippen molar-refractivity contribution >= 4 is 75.3 Å². The van der Waals surface area contributed by atoms with Crippen molar-refractivity contribution in [3.05, 3.63) is 206 Å². The molecule has 0 amide bonds. The molecule has 5 nitrogen and oxygen atoms in total. The summed E-state index contributed by atoms with van der Waals surface area (Å²) in [5.74, 6) is 1.83. The largest absolute Gasteiger partial charge is 0.456 e. The molecule has 63 heavy (non-hydrogen) atoms. The molecule has 0 unspecified atom stereocenters. The Morgan fingerprint density at radius 3 is 1.65 bits per heavy atom. The minimum absolute atomic E-state index is 0.599. The first-order chi connectivity index (χ1) is 31.2. The fraction of sp³-hybridized carbons (Fsp3) is 0.